The summed E-state index contributed by atoms with van der Waals surface area (Å²) in [7, 11) is 1.62. The minimum atomic E-state index is -0.303. The maximum atomic E-state index is 14.2. The first kappa shape index (κ1) is 21.3. The van der Waals surface area contributed by atoms with Crippen LogP contribution in [0, 0.1) is 12.7 Å². The lowest BCUT2D eigenvalue weighted by Gasteiger charge is -2.26. The second-order valence-electron chi connectivity index (χ2n) is 7.64. The quantitative estimate of drug-likeness (QED) is 0.535. The maximum absolute atomic E-state index is 14.2. The molecule has 2 heterocycles. The Kier molecular flexibility index (Phi) is 6.84. The minimum absolute atomic E-state index is 0.303. The Morgan fingerprint density at radius 2 is 1.94 bits per heavy atom. The summed E-state index contributed by atoms with van der Waals surface area (Å²) < 4.78 is 31.2. The summed E-state index contributed by atoms with van der Waals surface area (Å²) in [5.74, 6) is 0.978. The van der Waals surface area contributed by atoms with Crippen LogP contribution in [-0.4, -0.2) is 56.4 Å². The number of aryl methyl sites for hydroxylation is 1. The molecule has 0 amide bonds. The van der Waals surface area contributed by atoms with Gasteiger partial charge < -0.3 is 19.5 Å². The van der Waals surface area contributed by atoms with Gasteiger partial charge in [0.1, 0.15) is 5.82 Å². The number of morpholine rings is 1. The Morgan fingerprint density at radius 1 is 1.10 bits per heavy atom. The molecule has 0 saturated carbocycles. The van der Waals surface area contributed by atoms with E-state index in [0.717, 1.165) is 61.4 Å². The molecule has 1 fully saturated rings. The van der Waals surface area contributed by atoms with Gasteiger partial charge in [-0.1, -0.05) is 6.07 Å². The molecule has 7 heteroatoms. The van der Waals surface area contributed by atoms with Gasteiger partial charge in [0.15, 0.2) is 11.5 Å². The van der Waals surface area contributed by atoms with Crippen molar-refractivity contribution in [3.63, 3.8) is 0 Å². The standard InChI is InChI=1S/C24H28FN3O3/c1-17-4-5-19(25)22(14-17)27-20-6-7-26-21-16-24(23(29-2)15-18(20)21)31-11-3-8-28-9-12-30-13-10-28/h4-7,14-16H,3,8-13H2,1-2H3,(H,26,27). The monoisotopic (exact) mass is 425 g/mol. The van der Waals surface area contributed by atoms with E-state index in [2.05, 4.69) is 15.2 Å². The van der Waals surface area contributed by atoms with E-state index in [1.54, 1.807) is 25.4 Å². The number of hydrogen-bond acceptors (Lipinski definition) is 6. The highest BCUT2D eigenvalue weighted by molar-refractivity contribution is 5.95. The minimum Gasteiger partial charge on any atom is -0.493 e. The van der Waals surface area contributed by atoms with Crippen molar-refractivity contribution in [2.75, 3.05) is 51.9 Å². The molecule has 1 aliphatic rings. The number of pyridine rings is 1. The van der Waals surface area contributed by atoms with Gasteiger partial charge in [-0.25, -0.2) is 4.39 Å². The third-order valence-electron chi connectivity index (χ3n) is 5.40. The topological polar surface area (TPSA) is 55.8 Å². The number of aromatic nitrogens is 1. The van der Waals surface area contributed by atoms with E-state index >= 15 is 0 Å². The predicted molar refractivity (Wildman–Crippen MR) is 120 cm³/mol. The highest BCUT2D eigenvalue weighted by Crippen LogP contribution is 2.36. The van der Waals surface area contributed by atoms with Gasteiger partial charge in [-0.05, 0) is 43.2 Å². The van der Waals surface area contributed by atoms with Crippen molar-refractivity contribution in [3.05, 3.63) is 54.0 Å². The SMILES string of the molecule is COc1cc2c(Nc3cc(C)ccc3F)ccnc2cc1OCCCN1CCOCC1. The number of ether oxygens (including phenoxy) is 3. The smallest absolute Gasteiger partial charge is 0.163 e. The van der Waals surface area contributed by atoms with E-state index in [-0.39, 0.29) is 5.82 Å². The fourth-order valence-corrected chi connectivity index (χ4v) is 3.71. The molecule has 1 aliphatic heterocycles. The molecule has 164 valence electrons. The van der Waals surface area contributed by atoms with E-state index in [0.29, 0.717) is 23.8 Å². The molecule has 2 aromatic carbocycles. The summed E-state index contributed by atoms with van der Waals surface area (Å²) in [5.41, 5.74) is 2.91. The lowest BCUT2D eigenvalue weighted by molar-refractivity contribution is 0.0357. The van der Waals surface area contributed by atoms with Gasteiger partial charge in [-0.3, -0.25) is 9.88 Å². The molecule has 31 heavy (non-hydrogen) atoms. The third-order valence-corrected chi connectivity index (χ3v) is 5.40. The molecule has 3 aromatic rings. The zero-order valence-electron chi connectivity index (χ0n) is 18.0. The highest BCUT2D eigenvalue weighted by atomic mass is 19.1. The summed E-state index contributed by atoms with van der Waals surface area (Å²) in [6.45, 7) is 7.04. The number of benzene rings is 2. The molecule has 0 unspecified atom stereocenters. The number of nitrogens with zero attached hydrogens (tertiary/aromatic N) is 2. The molecular formula is C24H28FN3O3. The Bertz CT molecular complexity index is 1040. The molecule has 1 N–H and O–H groups in total. The van der Waals surface area contributed by atoms with Crippen LogP contribution in [0.5, 0.6) is 11.5 Å². The van der Waals surface area contributed by atoms with Crippen molar-refractivity contribution < 1.29 is 18.6 Å². The number of hydrogen-bond donors (Lipinski definition) is 1. The lowest BCUT2D eigenvalue weighted by atomic mass is 10.1. The largest absolute Gasteiger partial charge is 0.493 e. The van der Waals surface area contributed by atoms with Crippen molar-refractivity contribution >= 4 is 22.3 Å². The Labute approximate surface area is 181 Å². The van der Waals surface area contributed by atoms with E-state index in [1.807, 2.05) is 25.1 Å². The summed E-state index contributed by atoms with van der Waals surface area (Å²) in [5, 5.41) is 4.02. The number of rotatable bonds is 8. The van der Waals surface area contributed by atoms with Gasteiger partial charge in [0.2, 0.25) is 0 Å². The molecular weight excluding hydrogens is 397 g/mol. The van der Waals surface area contributed by atoms with Crippen LogP contribution in [0.3, 0.4) is 0 Å². The van der Waals surface area contributed by atoms with Crippen LogP contribution in [0.25, 0.3) is 10.9 Å². The first-order chi connectivity index (χ1) is 15.1. The molecule has 4 rings (SSSR count). The lowest BCUT2D eigenvalue weighted by Crippen LogP contribution is -2.37. The van der Waals surface area contributed by atoms with Gasteiger partial charge in [-0.2, -0.15) is 0 Å². The van der Waals surface area contributed by atoms with Gasteiger partial charge in [0.05, 0.1) is 38.1 Å². The molecule has 0 spiro atoms. The second-order valence-corrected chi connectivity index (χ2v) is 7.64. The van der Waals surface area contributed by atoms with Crippen molar-refractivity contribution in [2.45, 2.75) is 13.3 Å². The fourth-order valence-electron chi connectivity index (χ4n) is 3.71. The predicted octanol–water partition coefficient (Wildman–Crippen LogP) is 4.54. The molecule has 0 atom stereocenters. The van der Waals surface area contributed by atoms with Gasteiger partial charge in [0.25, 0.3) is 0 Å². The molecule has 0 aliphatic carbocycles. The number of halogens is 1. The van der Waals surface area contributed by atoms with E-state index in [9.17, 15) is 4.39 Å². The number of fused-ring (bicyclic) bond motifs is 1. The van der Waals surface area contributed by atoms with Crippen LogP contribution in [0.2, 0.25) is 0 Å². The summed E-state index contributed by atoms with van der Waals surface area (Å²) in [4.78, 5) is 6.85. The van der Waals surface area contributed by atoms with Crippen LogP contribution in [0.4, 0.5) is 15.8 Å². The normalized spacial score (nSPS) is 14.5. The molecule has 1 saturated heterocycles. The molecule has 0 bridgehead atoms. The van der Waals surface area contributed by atoms with Crippen molar-refractivity contribution in [1.82, 2.24) is 9.88 Å². The fraction of sp³-hybridized carbons (Fsp3) is 0.375. The zero-order chi connectivity index (χ0) is 21.6. The Morgan fingerprint density at radius 3 is 2.74 bits per heavy atom. The van der Waals surface area contributed by atoms with Crippen molar-refractivity contribution in [3.8, 4) is 11.5 Å². The summed E-state index contributed by atoms with van der Waals surface area (Å²) in [6, 6.07) is 10.6. The van der Waals surface area contributed by atoms with Crippen LogP contribution < -0.4 is 14.8 Å². The number of anilines is 2. The van der Waals surface area contributed by atoms with Gasteiger partial charge in [0, 0.05) is 43.0 Å². The number of nitrogens with one attached hydrogen (secondary N) is 1. The first-order valence-electron chi connectivity index (χ1n) is 10.6. The maximum Gasteiger partial charge on any atom is 0.163 e. The van der Waals surface area contributed by atoms with Crippen molar-refractivity contribution in [2.24, 2.45) is 0 Å². The molecule has 1 aromatic heterocycles. The van der Waals surface area contributed by atoms with Crippen LogP contribution in [0.1, 0.15) is 12.0 Å². The average Bonchev–Trinajstić information content (AvgIpc) is 2.79. The van der Waals surface area contributed by atoms with E-state index in [4.69, 9.17) is 14.2 Å². The summed E-state index contributed by atoms with van der Waals surface area (Å²) >= 11 is 0. The Balaban J connectivity index is 1.50. The highest BCUT2D eigenvalue weighted by Gasteiger charge is 2.13. The second kappa shape index (κ2) is 9.94. The van der Waals surface area contributed by atoms with Crippen molar-refractivity contribution in [1.29, 1.82) is 0 Å². The molecule has 6 nitrogen and oxygen atoms in total. The van der Waals surface area contributed by atoms with Crippen LogP contribution in [0.15, 0.2) is 42.6 Å². The first-order valence-corrected chi connectivity index (χ1v) is 10.6. The van der Waals surface area contributed by atoms with Crippen LogP contribution >= 0.6 is 0 Å². The van der Waals surface area contributed by atoms with Gasteiger partial charge >= 0.3 is 0 Å². The summed E-state index contributed by atoms with van der Waals surface area (Å²) in [6.07, 6.45) is 2.62. The number of methoxy groups -OCH3 is 1. The Hall–Kier alpha value is -2.90. The van der Waals surface area contributed by atoms with Gasteiger partial charge in [-0.15, -0.1) is 0 Å². The average molecular weight is 426 g/mol. The van der Waals surface area contributed by atoms with E-state index in [1.165, 1.54) is 6.07 Å². The third kappa shape index (κ3) is 5.24. The van der Waals surface area contributed by atoms with Crippen LogP contribution in [-0.2, 0) is 4.74 Å². The molecule has 0 radical (unpaired) electrons. The zero-order valence-corrected chi connectivity index (χ0v) is 18.0. The van der Waals surface area contributed by atoms with E-state index < -0.39 is 0 Å².